The van der Waals surface area contributed by atoms with Crippen LogP contribution in [0.1, 0.15) is 239 Å². The van der Waals surface area contributed by atoms with Gasteiger partial charge in [0.05, 0.1) is 0 Å². The zero-order valence-corrected chi connectivity index (χ0v) is 45.7. The number of rotatable bonds is 50. The summed E-state index contributed by atoms with van der Waals surface area (Å²) in [5.74, 6) is -0.975. The minimum atomic E-state index is -0.812. The van der Waals surface area contributed by atoms with E-state index in [0.29, 0.717) is 19.3 Å². The van der Waals surface area contributed by atoms with Crippen LogP contribution in [0.5, 0.6) is 0 Å². The van der Waals surface area contributed by atoms with Crippen LogP contribution in [0.25, 0.3) is 0 Å². The predicted molar refractivity (Wildman–Crippen MR) is 306 cm³/mol. The van der Waals surface area contributed by atoms with Gasteiger partial charge in [0, 0.05) is 19.3 Å². The fourth-order valence-corrected chi connectivity index (χ4v) is 7.37. The molecule has 0 N–H and O–H groups in total. The quantitative estimate of drug-likeness (QED) is 0.0262. The largest absolute Gasteiger partial charge is 0.462 e. The van der Waals surface area contributed by atoms with Gasteiger partial charge < -0.3 is 14.2 Å². The van der Waals surface area contributed by atoms with Crippen LogP contribution in [-0.4, -0.2) is 37.2 Å². The Morgan fingerprint density at radius 1 is 0.296 bits per heavy atom. The third-order valence-electron chi connectivity index (χ3n) is 11.6. The summed E-state index contributed by atoms with van der Waals surface area (Å²) in [6.45, 7) is 6.32. The van der Waals surface area contributed by atoms with E-state index in [1.807, 2.05) is 0 Å². The summed E-state index contributed by atoms with van der Waals surface area (Å²) in [6, 6.07) is 0. The summed E-state index contributed by atoms with van der Waals surface area (Å²) >= 11 is 0. The first-order valence-electron chi connectivity index (χ1n) is 28.7. The van der Waals surface area contributed by atoms with Crippen molar-refractivity contribution in [2.45, 2.75) is 245 Å². The lowest BCUT2D eigenvalue weighted by atomic mass is 10.1. The van der Waals surface area contributed by atoms with E-state index in [0.717, 1.165) is 148 Å². The van der Waals surface area contributed by atoms with E-state index >= 15 is 0 Å². The molecule has 6 heteroatoms. The fraction of sp³-hybridized carbons (Fsp3) is 0.615. The first kappa shape index (κ1) is 66.6. The first-order valence-corrected chi connectivity index (χ1v) is 28.7. The molecule has 0 saturated carbocycles. The second-order valence-electron chi connectivity index (χ2n) is 18.4. The van der Waals surface area contributed by atoms with Crippen molar-refractivity contribution in [2.24, 2.45) is 0 Å². The van der Waals surface area contributed by atoms with Crippen molar-refractivity contribution in [3.8, 4) is 0 Å². The van der Waals surface area contributed by atoms with Gasteiger partial charge in [-0.3, -0.25) is 14.4 Å². The Bertz CT molecular complexity index is 1550. The lowest BCUT2D eigenvalue weighted by Gasteiger charge is -2.18. The Balaban J connectivity index is 4.53. The molecule has 1 atom stereocenters. The Morgan fingerprint density at radius 2 is 0.549 bits per heavy atom. The number of carbonyl (C=O) groups excluding carboxylic acids is 3. The van der Waals surface area contributed by atoms with Crippen LogP contribution < -0.4 is 0 Å². The summed E-state index contributed by atoms with van der Waals surface area (Å²) < 4.78 is 16.8. The molecule has 0 radical (unpaired) electrons. The van der Waals surface area contributed by atoms with Crippen LogP contribution in [0.15, 0.2) is 134 Å². The van der Waals surface area contributed by atoms with Crippen molar-refractivity contribution in [2.75, 3.05) is 13.2 Å². The normalized spacial score (nSPS) is 13.1. The maximum atomic E-state index is 12.9. The maximum absolute atomic E-state index is 12.9. The third kappa shape index (κ3) is 56.3. The van der Waals surface area contributed by atoms with E-state index in [4.69, 9.17) is 14.2 Å². The second-order valence-corrected chi connectivity index (χ2v) is 18.4. The number of hydrogen-bond acceptors (Lipinski definition) is 6. The molecular formula is C65H104O6. The zero-order chi connectivity index (χ0) is 51.4. The molecule has 6 nitrogen and oxygen atoms in total. The smallest absolute Gasteiger partial charge is 0.306 e. The van der Waals surface area contributed by atoms with Crippen molar-refractivity contribution < 1.29 is 28.6 Å². The van der Waals surface area contributed by atoms with E-state index < -0.39 is 6.10 Å². The Hall–Kier alpha value is -4.45. The van der Waals surface area contributed by atoms with Gasteiger partial charge in [-0.1, -0.05) is 219 Å². The Morgan fingerprint density at radius 3 is 0.873 bits per heavy atom. The molecule has 0 aromatic heterocycles. The van der Waals surface area contributed by atoms with Gasteiger partial charge in [-0.05, 0) is 135 Å². The highest BCUT2D eigenvalue weighted by Crippen LogP contribution is 2.13. The molecule has 0 aromatic carbocycles. The maximum Gasteiger partial charge on any atom is 0.306 e. The average Bonchev–Trinajstić information content (AvgIpc) is 3.37. The van der Waals surface area contributed by atoms with Crippen LogP contribution in [0.2, 0.25) is 0 Å². The molecule has 0 spiro atoms. The fourth-order valence-electron chi connectivity index (χ4n) is 7.37. The van der Waals surface area contributed by atoms with Gasteiger partial charge in [0.15, 0.2) is 6.10 Å². The molecule has 0 aliphatic heterocycles. The molecule has 0 aromatic rings. The Labute approximate surface area is 436 Å². The summed E-state index contributed by atoms with van der Waals surface area (Å²) in [6.07, 6.45) is 81.5. The average molecular weight is 982 g/mol. The lowest BCUT2D eigenvalue weighted by Crippen LogP contribution is -2.30. The summed E-state index contributed by atoms with van der Waals surface area (Å²) in [7, 11) is 0. The van der Waals surface area contributed by atoms with Gasteiger partial charge in [0.25, 0.3) is 0 Å². The van der Waals surface area contributed by atoms with Crippen molar-refractivity contribution in [3.05, 3.63) is 134 Å². The molecule has 0 bridgehead atoms. The number of unbranched alkanes of at least 4 members (excludes halogenated alkanes) is 17. The highest BCUT2D eigenvalue weighted by atomic mass is 16.6. The summed E-state index contributed by atoms with van der Waals surface area (Å²) in [5.41, 5.74) is 0. The molecular weight excluding hydrogens is 877 g/mol. The van der Waals surface area contributed by atoms with Crippen LogP contribution in [0.3, 0.4) is 0 Å². The lowest BCUT2D eigenvalue weighted by molar-refractivity contribution is -0.167. The van der Waals surface area contributed by atoms with E-state index in [9.17, 15) is 14.4 Å². The molecule has 0 aliphatic carbocycles. The van der Waals surface area contributed by atoms with Crippen molar-refractivity contribution >= 4 is 17.9 Å². The molecule has 71 heavy (non-hydrogen) atoms. The highest BCUT2D eigenvalue weighted by Gasteiger charge is 2.19. The van der Waals surface area contributed by atoms with E-state index in [1.165, 1.54) is 51.4 Å². The predicted octanol–water partition coefficient (Wildman–Crippen LogP) is 19.4. The zero-order valence-electron chi connectivity index (χ0n) is 45.7. The molecule has 0 rings (SSSR count). The van der Waals surface area contributed by atoms with Gasteiger partial charge in [0.2, 0.25) is 0 Å². The third-order valence-corrected chi connectivity index (χ3v) is 11.6. The number of carbonyl (C=O) groups is 3. The van der Waals surface area contributed by atoms with Crippen molar-refractivity contribution in [1.29, 1.82) is 0 Å². The van der Waals surface area contributed by atoms with Crippen molar-refractivity contribution in [1.82, 2.24) is 0 Å². The van der Waals surface area contributed by atoms with Gasteiger partial charge in [0.1, 0.15) is 13.2 Å². The van der Waals surface area contributed by atoms with E-state index in [-0.39, 0.29) is 31.1 Å². The number of hydrogen-bond donors (Lipinski definition) is 0. The molecule has 0 aliphatic rings. The van der Waals surface area contributed by atoms with E-state index in [2.05, 4.69) is 154 Å². The molecule has 0 saturated heterocycles. The van der Waals surface area contributed by atoms with Crippen LogP contribution >= 0.6 is 0 Å². The molecule has 0 fully saturated rings. The minimum Gasteiger partial charge on any atom is -0.462 e. The standard InChI is InChI=1S/C65H104O6/c1-4-7-10-13-16-19-22-25-28-31-32-35-37-40-43-46-49-52-55-58-64(67)70-61-62(71-65(68)59-56-53-50-47-44-41-38-34-30-27-24-21-18-15-12-9-6-3)60-69-63(66)57-54-51-48-45-42-39-36-33-29-26-23-20-17-14-11-8-5-2/h7-8,10-11,16-21,25-30,32,35-36,39-40,43,62H,4-6,9,12-15,22-24,31,33-34,37-38,41-42,44-61H2,1-3H3/b10-7-,11-8-,19-16-,20-17-,21-18-,28-25-,29-26-,30-27-,35-32-,39-36-,43-40-/t62-/m0/s1. The number of allylic oxidation sites excluding steroid dienone is 22. The molecule has 0 amide bonds. The SMILES string of the molecule is CC/C=C\C/C=C\C/C=C\C/C=C\C/C=C\CCCCCC(=O)OC[C@H](COC(=O)CCCCCC/C=C\C/C=C\C/C=C\C/C=C\CC)OC(=O)CCCCCCCCC/C=C\C/C=C\CCCCC. The van der Waals surface area contributed by atoms with Crippen molar-refractivity contribution in [3.63, 3.8) is 0 Å². The summed E-state index contributed by atoms with van der Waals surface area (Å²) in [5, 5.41) is 0. The van der Waals surface area contributed by atoms with Crippen LogP contribution in [0.4, 0.5) is 0 Å². The number of esters is 3. The second kappa shape index (κ2) is 58.1. The van der Waals surface area contributed by atoms with Gasteiger partial charge >= 0.3 is 17.9 Å². The van der Waals surface area contributed by atoms with Gasteiger partial charge in [-0.25, -0.2) is 0 Å². The molecule has 0 unspecified atom stereocenters. The monoisotopic (exact) mass is 981 g/mol. The minimum absolute atomic E-state index is 0.109. The molecule has 0 heterocycles. The van der Waals surface area contributed by atoms with Gasteiger partial charge in [-0.2, -0.15) is 0 Å². The summed E-state index contributed by atoms with van der Waals surface area (Å²) in [4.78, 5) is 38.2. The first-order chi connectivity index (χ1) is 35.0. The Kier molecular flexibility index (Phi) is 54.5. The van der Waals surface area contributed by atoms with Gasteiger partial charge in [-0.15, -0.1) is 0 Å². The van der Waals surface area contributed by atoms with Crippen LogP contribution in [-0.2, 0) is 28.6 Å². The highest BCUT2D eigenvalue weighted by molar-refractivity contribution is 5.71. The number of ether oxygens (including phenoxy) is 3. The molecule has 400 valence electrons. The topological polar surface area (TPSA) is 78.9 Å². The van der Waals surface area contributed by atoms with Crippen LogP contribution in [0, 0.1) is 0 Å². The van der Waals surface area contributed by atoms with E-state index in [1.54, 1.807) is 0 Å².